The van der Waals surface area contributed by atoms with Gasteiger partial charge in [0.25, 0.3) is 0 Å². The summed E-state index contributed by atoms with van der Waals surface area (Å²) in [6.07, 6.45) is 4.06. The Morgan fingerprint density at radius 1 is 1.44 bits per heavy atom. The van der Waals surface area contributed by atoms with Gasteiger partial charge in [0.1, 0.15) is 0 Å². The number of hydrogen-bond donors (Lipinski definition) is 2. The molecule has 0 aromatic carbocycles. The molecule has 2 N–H and O–H groups in total. The van der Waals surface area contributed by atoms with Gasteiger partial charge in [0, 0.05) is 37.1 Å². The van der Waals surface area contributed by atoms with Gasteiger partial charge in [-0.2, -0.15) is 0 Å². The van der Waals surface area contributed by atoms with Crippen LogP contribution in [0, 0.1) is 0 Å². The summed E-state index contributed by atoms with van der Waals surface area (Å²) < 4.78 is 2.28. The molecule has 3 heteroatoms. The third kappa shape index (κ3) is 3.99. The molecule has 1 aromatic heterocycles. The first-order valence-corrected chi connectivity index (χ1v) is 6.09. The summed E-state index contributed by atoms with van der Waals surface area (Å²) in [7, 11) is 0. The second kappa shape index (κ2) is 6.06. The molecule has 0 saturated heterocycles. The van der Waals surface area contributed by atoms with E-state index in [9.17, 15) is 0 Å². The van der Waals surface area contributed by atoms with Crippen molar-refractivity contribution in [3.05, 3.63) is 24.0 Å². The topological polar surface area (TPSA) is 37.2 Å². The van der Waals surface area contributed by atoms with Crippen molar-refractivity contribution >= 4 is 0 Å². The van der Waals surface area contributed by atoms with E-state index < -0.39 is 0 Å². The lowest BCUT2D eigenvalue weighted by Gasteiger charge is -2.25. The molecule has 92 valence electrons. The summed E-state index contributed by atoms with van der Waals surface area (Å²) in [6, 6.07) is 4.24. The SMILES string of the molecule is CCCn1cccc1CNC(C)(C)CCO. The van der Waals surface area contributed by atoms with E-state index >= 15 is 0 Å². The molecule has 0 aliphatic heterocycles. The van der Waals surface area contributed by atoms with Crippen molar-refractivity contribution in [1.29, 1.82) is 0 Å². The van der Waals surface area contributed by atoms with Crippen molar-refractivity contribution in [3.63, 3.8) is 0 Å². The fraction of sp³-hybridized carbons (Fsp3) is 0.692. The Morgan fingerprint density at radius 3 is 2.81 bits per heavy atom. The zero-order chi connectivity index (χ0) is 12.0. The van der Waals surface area contributed by atoms with Gasteiger partial charge in [-0.25, -0.2) is 0 Å². The van der Waals surface area contributed by atoms with Gasteiger partial charge in [0.2, 0.25) is 0 Å². The lowest BCUT2D eigenvalue weighted by Crippen LogP contribution is -2.39. The number of aryl methyl sites for hydroxylation is 1. The van der Waals surface area contributed by atoms with Crippen LogP contribution in [-0.4, -0.2) is 21.8 Å². The molecule has 0 aliphatic rings. The molecule has 1 rings (SSSR count). The van der Waals surface area contributed by atoms with Crippen LogP contribution in [-0.2, 0) is 13.1 Å². The van der Waals surface area contributed by atoms with E-state index in [0.29, 0.717) is 0 Å². The average molecular weight is 224 g/mol. The van der Waals surface area contributed by atoms with E-state index in [0.717, 1.165) is 25.9 Å². The number of nitrogens with one attached hydrogen (secondary N) is 1. The van der Waals surface area contributed by atoms with E-state index in [-0.39, 0.29) is 12.1 Å². The Balaban J connectivity index is 2.50. The number of aliphatic hydroxyl groups excluding tert-OH is 1. The standard InChI is InChI=1S/C13H24N2O/c1-4-8-15-9-5-6-12(15)11-14-13(2,3)7-10-16/h5-6,9,14,16H,4,7-8,10-11H2,1-3H3. The Morgan fingerprint density at radius 2 is 2.19 bits per heavy atom. The van der Waals surface area contributed by atoms with Crippen molar-refractivity contribution in [2.45, 2.75) is 52.2 Å². The zero-order valence-corrected chi connectivity index (χ0v) is 10.7. The van der Waals surface area contributed by atoms with Crippen LogP contribution in [0.4, 0.5) is 0 Å². The van der Waals surface area contributed by atoms with Gasteiger partial charge in [-0.15, -0.1) is 0 Å². The predicted octanol–water partition coefficient (Wildman–Crippen LogP) is 2.15. The zero-order valence-electron chi connectivity index (χ0n) is 10.7. The normalized spacial score (nSPS) is 12.0. The van der Waals surface area contributed by atoms with E-state index in [4.69, 9.17) is 5.11 Å². The molecule has 0 fully saturated rings. The molecule has 1 aromatic rings. The molecular formula is C13H24N2O. The monoisotopic (exact) mass is 224 g/mol. The lowest BCUT2D eigenvalue weighted by atomic mass is 10.0. The summed E-state index contributed by atoms with van der Waals surface area (Å²) in [4.78, 5) is 0. The highest BCUT2D eigenvalue weighted by Gasteiger charge is 2.16. The molecule has 0 atom stereocenters. The summed E-state index contributed by atoms with van der Waals surface area (Å²) >= 11 is 0. The second-order valence-corrected chi connectivity index (χ2v) is 4.90. The van der Waals surface area contributed by atoms with E-state index in [2.05, 4.69) is 49.0 Å². The Hall–Kier alpha value is -0.800. The van der Waals surface area contributed by atoms with E-state index in [1.54, 1.807) is 0 Å². The fourth-order valence-corrected chi connectivity index (χ4v) is 1.77. The van der Waals surface area contributed by atoms with Crippen LogP contribution < -0.4 is 5.32 Å². The van der Waals surface area contributed by atoms with Crippen LogP contribution in [0.15, 0.2) is 18.3 Å². The minimum Gasteiger partial charge on any atom is -0.396 e. The molecule has 3 nitrogen and oxygen atoms in total. The first-order chi connectivity index (χ1) is 7.59. The van der Waals surface area contributed by atoms with E-state index in [1.165, 1.54) is 5.69 Å². The van der Waals surface area contributed by atoms with Gasteiger partial charge in [-0.1, -0.05) is 6.92 Å². The average Bonchev–Trinajstić information content (AvgIpc) is 2.63. The van der Waals surface area contributed by atoms with Crippen molar-refractivity contribution < 1.29 is 5.11 Å². The van der Waals surface area contributed by atoms with Crippen LogP contribution >= 0.6 is 0 Å². The maximum Gasteiger partial charge on any atom is 0.0448 e. The number of nitrogens with zero attached hydrogens (tertiary/aromatic N) is 1. The van der Waals surface area contributed by atoms with Crippen molar-refractivity contribution in [1.82, 2.24) is 9.88 Å². The summed E-state index contributed by atoms with van der Waals surface area (Å²) in [5.41, 5.74) is 1.31. The number of aromatic nitrogens is 1. The smallest absolute Gasteiger partial charge is 0.0448 e. The third-order valence-corrected chi connectivity index (χ3v) is 2.87. The predicted molar refractivity (Wildman–Crippen MR) is 67.3 cm³/mol. The maximum absolute atomic E-state index is 8.95. The molecule has 0 bridgehead atoms. The molecule has 1 heterocycles. The highest BCUT2D eigenvalue weighted by atomic mass is 16.3. The second-order valence-electron chi connectivity index (χ2n) is 4.90. The van der Waals surface area contributed by atoms with Gasteiger partial charge < -0.3 is 15.0 Å². The quantitative estimate of drug-likeness (QED) is 0.744. The molecule has 0 aliphatic carbocycles. The minimum absolute atomic E-state index is 0.00390. The highest BCUT2D eigenvalue weighted by Crippen LogP contribution is 2.10. The number of aliphatic hydroxyl groups is 1. The van der Waals surface area contributed by atoms with Crippen LogP contribution in [0.2, 0.25) is 0 Å². The van der Waals surface area contributed by atoms with Crippen LogP contribution in [0.1, 0.15) is 39.3 Å². The fourth-order valence-electron chi connectivity index (χ4n) is 1.77. The Labute approximate surface area is 98.5 Å². The van der Waals surface area contributed by atoms with Crippen LogP contribution in [0.3, 0.4) is 0 Å². The number of rotatable bonds is 7. The van der Waals surface area contributed by atoms with Gasteiger partial charge in [-0.3, -0.25) is 0 Å². The molecular weight excluding hydrogens is 200 g/mol. The van der Waals surface area contributed by atoms with Gasteiger partial charge >= 0.3 is 0 Å². The lowest BCUT2D eigenvalue weighted by molar-refractivity contribution is 0.229. The molecule has 0 radical (unpaired) electrons. The van der Waals surface area contributed by atoms with Crippen LogP contribution in [0.5, 0.6) is 0 Å². The first kappa shape index (κ1) is 13.3. The largest absolute Gasteiger partial charge is 0.396 e. The first-order valence-electron chi connectivity index (χ1n) is 6.09. The third-order valence-electron chi connectivity index (χ3n) is 2.87. The van der Waals surface area contributed by atoms with Crippen molar-refractivity contribution in [3.8, 4) is 0 Å². The minimum atomic E-state index is -0.00390. The van der Waals surface area contributed by atoms with Gasteiger partial charge in [0.05, 0.1) is 0 Å². The van der Waals surface area contributed by atoms with Gasteiger partial charge in [-0.05, 0) is 38.8 Å². The summed E-state index contributed by atoms with van der Waals surface area (Å²) in [6.45, 7) is 8.60. The van der Waals surface area contributed by atoms with Crippen LogP contribution in [0.25, 0.3) is 0 Å². The molecule has 0 saturated carbocycles. The summed E-state index contributed by atoms with van der Waals surface area (Å²) in [5, 5.41) is 12.4. The Bertz CT molecular complexity index is 305. The van der Waals surface area contributed by atoms with E-state index in [1.807, 2.05) is 0 Å². The molecule has 0 amide bonds. The molecule has 0 spiro atoms. The van der Waals surface area contributed by atoms with Crippen molar-refractivity contribution in [2.75, 3.05) is 6.61 Å². The summed E-state index contributed by atoms with van der Waals surface area (Å²) in [5.74, 6) is 0. The molecule has 16 heavy (non-hydrogen) atoms. The number of hydrogen-bond acceptors (Lipinski definition) is 2. The Kier molecular flexibility index (Phi) is 5.03. The molecule has 0 unspecified atom stereocenters. The maximum atomic E-state index is 8.95. The van der Waals surface area contributed by atoms with Gasteiger partial charge in [0.15, 0.2) is 0 Å². The van der Waals surface area contributed by atoms with Crippen molar-refractivity contribution in [2.24, 2.45) is 0 Å². The highest BCUT2D eigenvalue weighted by molar-refractivity contribution is 5.07.